The van der Waals surface area contributed by atoms with Gasteiger partial charge in [-0.1, -0.05) is 0 Å². The van der Waals surface area contributed by atoms with E-state index in [9.17, 15) is 12.3 Å². The molecule has 0 saturated carbocycles. The van der Waals surface area contributed by atoms with E-state index in [0.29, 0.717) is 0 Å². The minimum absolute atomic E-state index is 0.428. The first-order valence-corrected chi connectivity index (χ1v) is 13.9. The van der Waals surface area contributed by atoms with Crippen molar-refractivity contribution in [2.24, 2.45) is 0 Å². The smallest absolute Gasteiger partial charge is 0.225 e. The lowest BCUT2D eigenvalue weighted by atomic mass is 13.8. The van der Waals surface area contributed by atoms with Crippen LogP contribution in [0.5, 0.6) is 0 Å². The predicted molar refractivity (Wildman–Crippen MR) is 57.5 cm³/mol. The van der Waals surface area contributed by atoms with Crippen LogP contribution < -0.4 is 0 Å². The fraction of sp³-hybridized carbons (Fsp3) is 0. The topological polar surface area (TPSA) is 3.24 Å². The van der Waals surface area contributed by atoms with Gasteiger partial charge in [0.2, 0.25) is 0 Å². The fourth-order valence-electron chi connectivity index (χ4n) is 0.431. The predicted octanol–water partition coefficient (Wildman–Crippen LogP) is 3.94. The molecule has 1 nitrogen and oxygen atoms in total. The Kier molecular flexibility index (Phi) is 5.31. The minimum Gasteiger partial charge on any atom is -0.225 e. The van der Waals surface area contributed by atoms with Crippen molar-refractivity contribution in [1.82, 2.24) is 3.90 Å². The zero-order chi connectivity index (χ0) is 11.1. The molecule has 0 N–H and O–H groups in total. The molecule has 0 heterocycles. The van der Waals surface area contributed by atoms with E-state index in [-0.39, 0.29) is 0 Å². The van der Waals surface area contributed by atoms with Crippen LogP contribution in [0.25, 0.3) is 0 Å². The summed E-state index contributed by atoms with van der Waals surface area (Å²) in [5.74, 6) is 0. The first-order chi connectivity index (χ1) is 5.37. The standard InChI is InChI=1S/Cl6F3NSi3/c1-11(2,3)10(12(4,5)6)13(7,8)9. The van der Waals surface area contributed by atoms with Crippen molar-refractivity contribution in [3.8, 4) is 0 Å². The summed E-state index contributed by atoms with van der Waals surface area (Å²) in [5, 5.41) is 0. The maximum absolute atomic E-state index is 12.3. The van der Waals surface area contributed by atoms with Crippen LogP contribution in [0.1, 0.15) is 0 Å². The molecule has 0 aromatic rings. The maximum Gasteiger partial charge on any atom is 0.710 e. The quantitative estimate of drug-likeness (QED) is 0.539. The van der Waals surface area contributed by atoms with Gasteiger partial charge in [-0.2, -0.15) is 0 Å². The molecule has 80 valence electrons. The van der Waals surface area contributed by atoms with Gasteiger partial charge in [-0.3, -0.25) is 0 Å². The molecular formula is Cl6F3NSi3. The Hall–Kier alpha value is 2.14. The van der Waals surface area contributed by atoms with Crippen LogP contribution in [0, 0.1) is 0 Å². The zero-order valence-corrected chi connectivity index (χ0v) is 12.9. The van der Waals surface area contributed by atoms with E-state index in [4.69, 9.17) is 66.5 Å². The van der Waals surface area contributed by atoms with E-state index in [2.05, 4.69) is 0 Å². The second kappa shape index (κ2) is 4.56. The van der Waals surface area contributed by atoms with E-state index >= 15 is 0 Å². The van der Waals surface area contributed by atoms with Gasteiger partial charge in [0.25, 0.3) is 0 Å². The molecule has 0 atom stereocenters. The van der Waals surface area contributed by atoms with E-state index in [1.54, 1.807) is 0 Å². The van der Waals surface area contributed by atoms with Crippen LogP contribution in [0.4, 0.5) is 12.3 Å². The molecule has 0 aromatic heterocycles. The molecule has 0 amide bonds. The van der Waals surface area contributed by atoms with Crippen LogP contribution in [0.2, 0.25) is 0 Å². The first-order valence-electron chi connectivity index (χ1n) is 2.37. The highest BCUT2D eigenvalue weighted by molar-refractivity contribution is 7.74. The first kappa shape index (κ1) is 15.1. The lowest BCUT2D eigenvalue weighted by Crippen LogP contribution is -2.62. The summed E-state index contributed by atoms with van der Waals surface area (Å²) in [7, 11) is -6.39. The summed E-state index contributed by atoms with van der Waals surface area (Å²) < 4.78 is 36.6. The lowest BCUT2D eigenvalue weighted by Gasteiger charge is -2.31. The SMILES string of the molecule is F[Si](F)(F)N([Si](Cl)(Cl)Cl)[Si](Cl)(Cl)Cl. The Balaban J connectivity index is 5.02. The molecule has 0 aliphatic heterocycles. The Bertz CT molecular complexity index is 146. The van der Waals surface area contributed by atoms with Gasteiger partial charge in [0.05, 0.1) is 0 Å². The molecule has 13 heavy (non-hydrogen) atoms. The minimum atomic E-state index is -6.39. The monoisotopic (exact) mass is 365 g/mol. The molecule has 0 saturated heterocycles. The third kappa shape index (κ3) is 5.14. The summed E-state index contributed by atoms with van der Waals surface area (Å²) in [6.45, 7) is 0. The van der Waals surface area contributed by atoms with Crippen molar-refractivity contribution in [2.45, 2.75) is 0 Å². The van der Waals surface area contributed by atoms with Gasteiger partial charge in [0.1, 0.15) is 0 Å². The highest BCUT2D eigenvalue weighted by atomic mass is 35.8. The van der Waals surface area contributed by atoms with Gasteiger partial charge >= 0.3 is 21.6 Å². The van der Waals surface area contributed by atoms with Crippen molar-refractivity contribution in [1.29, 1.82) is 0 Å². The van der Waals surface area contributed by atoms with Gasteiger partial charge in [-0.15, -0.1) is 66.5 Å². The average Bonchev–Trinajstić information content (AvgIpc) is 1.44. The van der Waals surface area contributed by atoms with Crippen molar-refractivity contribution in [2.75, 3.05) is 0 Å². The van der Waals surface area contributed by atoms with E-state index in [0.717, 1.165) is 0 Å². The molecule has 0 aliphatic rings. The third-order valence-corrected chi connectivity index (χ3v) is 16.0. The number of hydrogen-bond donors (Lipinski definition) is 0. The van der Waals surface area contributed by atoms with E-state index in [1.165, 1.54) is 0 Å². The van der Waals surface area contributed by atoms with Gasteiger partial charge in [0, 0.05) is 0 Å². The lowest BCUT2D eigenvalue weighted by molar-refractivity contribution is 0.419. The summed E-state index contributed by atoms with van der Waals surface area (Å²) in [4.78, 5) is 0. The van der Waals surface area contributed by atoms with Crippen LogP contribution in [0.15, 0.2) is 0 Å². The normalized spacial score (nSPS) is 15.2. The molecular weight excluding hydrogens is 368 g/mol. The van der Waals surface area contributed by atoms with Crippen LogP contribution in [-0.4, -0.2) is 25.5 Å². The number of halogens is 9. The number of hydrogen-bond acceptors (Lipinski definition) is 1. The molecule has 0 aliphatic carbocycles. The molecule has 0 radical (unpaired) electrons. The molecule has 0 fully saturated rings. The maximum atomic E-state index is 12.3. The molecule has 0 unspecified atom stereocenters. The molecule has 0 spiro atoms. The van der Waals surface area contributed by atoms with Gasteiger partial charge in [-0.05, 0) is 0 Å². The molecule has 0 aromatic carbocycles. The van der Waals surface area contributed by atoms with E-state index < -0.39 is 25.5 Å². The summed E-state index contributed by atoms with van der Waals surface area (Å²) in [5.41, 5.74) is 0. The van der Waals surface area contributed by atoms with E-state index in [1.807, 2.05) is 0 Å². The Labute approximate surface area is 104 Å². The summed E-state index contributed by atoms with van der Waals surface area (Å²) in [6.07, 6.45) is -8.41. The number of nitrogens with zero attached hydrogens (tertiary/aromatic N) is 1. The highest BCUT2D eigenvalue weighted by Gasteiger charge is 2.66. The second-order valence-electron chi connectivity index (χ2n) is 1.74. The fourth-order valence-corrected chi connectivity index (χ4v) is 19.4. The van der Waals surface area contributed by atoms with Crippen molar-refractivity contribution in [3.05, 3.63) is 0 Å². The molecule has 13 heteroatoms. The average molecular weight is 368 g/mol. The largest absolute Gasteiger partial charge is 0.710 e. The van der Waals surface area contributed by atoms with Gasteiger partial charge in [0.15, 0.2) is 0 Å². The Morgan fingerprint density at radius 1 is 0.692 bits per heavy atom. The van der Waals surface area contributed by atoms with Crippen LogP contribution >= 0.6 is 66.5 Å². The van der Waals surface area contributed by atoms with Crippen molar-refractivity contribution >= 4 is 88.0 Å². The van der Waals surface area contributed by atoms with Crippen molar-refractivity contribution < 1.29 is 12.3 Å². The molecule has 0 rings (SSSR count). The highest BCUT2D eigenvalue weighted by Crippen LogP contribution is 2.41. The Morgan fingerprint density at radius 3 is 0.923 bits per heavy atom. The van der Waals surface area contributed by atoms with Gasteiger partial charge < -0.3 is 0 Å². The van der Waals surface area contributed by atoms with Crippen LogP contribution in [0.3, 0.4) is 0 Å². The summed E-state index contributed by atoms with van der Waals surface area (Å²) >= 11 is 31.0. The van der Waals surface area contributed by atoms with Crippen LogP contribution in [-0.2, 0) is 0 Å². The number of rotatable bonds is 3. The summed E-state index contributed by atoms with van der Waals surface area (Å²) in [6, 6.07) is 0. The zero-order valence-electron chi connectivity index (χ0n) is 5.35. The second-order valence-corrected chi connectivity index (χ2v) is 20.6. The van der Waals surface area contributed by atoms with Crippen molar-refractivity contribution in [3.63, 3.8) is 0 Å². The Morgan fingerprint density at radius 2 is 0.923 bits per heavy atom. The molecule has 0 bridgehead atoms. The van der Waals surface area contributed by atoms with Gasteiger partial charge in [-0.25, -0.2) is 16.2 Å². The third-order valence-electron chi connectivity index (χ3n) is 0.761.